The van der Waals surface area contributed by atoms with Crippen LogP contribution in [0.4, 0.5) is 8.78 Å². The predicted octanol–water partition coefficient (Wildman–Crippen LogP) is 1.82. The monoisotopic (exact) mass is 340 g/mol. The summed E-state index contributed by atoms with van der Waals surface area (Å²) in [4.78, 5) is 11.8. The molecule has 0 radical (unpaired) electrons. The van der Waals surface area contributed by atoms with E-state index in [0.29, 0.717) is 0 Å². The van der Waals surface area contributed by atoms with Crippen LogP contribution in [0.25, 0.3) is 11.1 Å². The van der Waals surface area contributed by atoms with E-state index in [4.69, 9.17) is 10.0 Å². The molecule has 0 atom stereocenters. The summed E-state index contributed by atoms with van der Waals surface area (Å²) < 4.78 is 33.6. The molecule has 2 aromatic rings. The number of benzene rings is 1. The highest BCUT2D eigenvalue weighted by Crippen LogP contribution is 2.33. The van der Waals surface area contributed by atoms with E-state index in [1.807, 2.05) is 0 Å². The lowest BCUT2D eigenvalue weighted by atomic mass is 9.83. The molecule has 2 rings (SSSR count). The molecule has 0 unspecified atom stereocenters. The molecule has 122 valence electrons. The van der Waals surface area contributed by atoms with Crippen LogP contribution in [0.1, 0.15) is 19.4 Å². The lowest BCUT2D eigenvalue weighted by Gasteiger charge is -2.22. The summed E-state index contributed by atoms with van der Waals surface area (Å²) in [5.74, 6) is -2.28. The number of carbonyl (C=O) groups is 1. The second-order valence-electron chi connectivity index (χ2n) is 5.54. The maximum Gasteiger partial charge on any atom is 0.499 e. The number of carbonyl (C=O) groups excluding carboxylic acids is 1. The number of methoxy groups -OCH3 is 1. The van der Waals surface area contributed by atoms with Gasteiger partial charge in [0.05, 0.1) is 18.1 Å². The highest BCUT2D eigenvalue weighted by atomic mass is 32.1. The molecule has 0 bridgehead atoms. The topological polar surface area (TPSA) is 66.8 Å². The first-order valence-electron chi connectivity index (χ1n) is 6.71. The van der Waals surface area contributed by atoms with E-state index < -0.39 is 30.1 Å². The molecule has 8 heteroatoms. The van der Waals surface area contributed by atoms with Crippen molar-refractivity contribution in [3.05, 3.63) is 40.8 Å². The maximum absolute atomic E-state index is 14.4. The minimum atomic E-state index is -1.70. The lowest BCUT2D eigenvalue weighted by Crippen LogP contribution is -2.30. The van der Waals surface area contributed by atoms with E-state index in [-0.39, 0.29) is 21.5 Å². The van der Waals surface area contributed by atoms with Gasteiger partial charge in [0.15, 0.2) is 0 Å². The predicted molar refractivity (Wildman–Crippen MR) is 84.5 cm³/mol. The van der Waals surface area contributed by atoms with Gasteiger partial charge in [0.1, 0.15) is 11.6 Å². The molecule has 0 aliphatic rings. The van der Waals surface area contributed by atoms with Crippen molar-refractivity contribution in [3.8, 4) is 11.1 Å². The molecular formula is C15H15BF2O4S. The fourth-order valence-electron chi connectivity index (χ4n) is 2.20. The Morgan fingerprint density at radius 1 is 1.22 bits per heavy atom. The van der Waals surface area contributed by atoms with Crippen LogP contribution in [-0.4, -0.2) is 30.2 Å². The van der Waals surface area contributed by atoms with Crippen LogP contribution in [0.3, 0.4) is 0 Å². The summed E-state index contributed by atoms with van der Waals surface area (Å²) >= 11 is 0.981. The molecule has 0 amide bonds. The molecule has 23 heavy (non-hydrogen) atoms. The van der Waals surface area contributed by atoms with Crippen molar-refractivity contribution in [1.82, 2.24) is 0 Å². The van der Waals surface area contributed by atoms with Gasteiger partial charge in [-0.2, -0.15) is 11.3 Å². The van der Waals surface area contributed by atoms with Crippen molar-refractivity contribution in [2.45, 2.75) is 19.3 Å². The highest BCUT2D eigenvalue weighted by Gasteiger charge is 2.33. The van der Waals surface area contributed by atoms with E-state index in [2.05, 4.69) is 4.74 Å². The van der Waals surface area contributed by atoms with Crippen LogP contribution >= 0.6 is 11.3 Å². The molecule has 0 saturated heterocycles. The largest absolute Gasteiger partial charge is 0.499 e. The van der Waals surface area contributed by atoms with Crippen molar-refractivity contribution < 1.29 is 28.4 Å². The third-order valence-electron chi connectivity index (χ3n) is 3.62. The van der Waals surface area contributed by atoms with Gasteiger partial charge in [-0.25, -0.2) is 8.78 Å². The van der Waals surface area contributed by atoms with Gasteiger partial charge in [-0.1, -0.05) is 0 Å². The van der Waals surface area contributed by atoms with Gasteiger partial charge in [-0.05, 0) is 48.6 Å². The van der Waals surface area contributed by atoms with E-state index in [1.54, 1.807) is 0 Å². The molecule has 0 fully saturated rings. The van der Waals surface area contributed by atoms with Crippen LogP contribution in [0, 0.1) is 11.6 Å². The lowest BCUT2D eigenvalue weighted by molar-refractivity contribution is -0.146. The molecular weight excluding hydrogens is 325 g/mol. The van der Waals surface area contributed by atoms with Crippen LogP contribution in [0.5, 0.6) is 0 Å². The third-order valence-corrected chi connectivity index (χ3v) is 4.60. The SMILES string of the molecule is COC(=O)C(C)(C)c1cc(F)c(-c2csc(B(O)O)c2)c(F)c1. The van der Waals surface area contributed by atoms with Gasteiger partial charge in [-0.15, -0.1) is 0 Å². The van der Waals surface area contributed by atoms with Crippen molar-refractivity contribution in [2.75, 3.05) is 7.11 Å². The standard InChI is InChI=1S/C15H15BF2O4S/c1-15(2,14(19)22-3)9-5-10(17)13(11(18)6-9)8-4-12(16(20)21)23-7-8/h4-7,20-21H,1-3H3. The summed E-state index contributed by atoms with van der Waals surface area (Å²) in [6.45, 7) is 3.02. The molecule has 1 aromatic carbocycles. The molecule has 1 aromatic heterocycles. The zero-order valence-corrected chi connectivity index (χ0v) is 13.6. The van der Waals surface area contributed by atoms with Gasteiger partial charge in [-0.3, -0.25) is 4.79 Å². The molecule has 1 heterocycles. The van der Waals surface area contributed by atoms with Crippen LogP contribution in [-0.2, 0) is 14.9 Å². The summed E-state index contributed by atoms with van der Waals surface area (Å²) in [5, 5.41) is 19.6. The average molecular weight is 340 g/mol. The Bertz CT molecular complexity index is 720. The number of thiophene rings is 1. The number of esters is 1. The molecule has 0 aliphatic heterocycles. The number of hydrogen-bond donors (Lipinski definition) is 2. The summed E-state index contributed by atoms with van der Waals surface area (Å²) in [6.07, 6.45) is 0. The summed E-state index contributed by atoms with van der Waals surface area (Å²) in [6, 6.07) is 3.48. The van der Waals surface area contributed by atoms with Gasteiger partial charge < -0.3 is 14.8 Å². The van der Waals surface area contributed by atoms with Crippen molar-refractivity contribution in [2.24, 2.45) is 0 Å². The Morgan fingerprint density at radius 3 is 2.22 bits per heavy atom. The zero-order valence-electron chi connectivity index (χ0n) is 12.8. The first kappa shape index (κ1) is 17.6. The zero-order chi connectivity index (χ0) is 17.4. The fourth-order valence-corrected chi connectivity index (χ4v) is 2.97. The van der Waals surface area contributed by atoms with Crippen LogP contribution in [0.15, 0.2) is 23.6 Å². The number of ether oxygens (including phenoxy) is 1. The average Bonchev–Trinajstić information content (AvgIpc) is 2.95. The Hall–Kier alpha value is -1.77. The van der Waals surface area contributed by atoms with Crippen LogP contribution < -0.4 is 4.78 Å². The quantitative estimate of drug-likeness (QED) is 0.658. The molecule has 0 aliphatic carbocycles. The molecule has 4 nitrogen and oxygen atoms in total. The number of hydrogen-bond acceptors (Lipinski definition) is 5. The van der Waals surface area contributed by atoms with E-state index in [1.165, 1.54) is 32.4 Å². The number of halogens is 2. The first-order valence-corrected chi connectivity index (χ1v) is 7.59. The van der Waals surface area contributed by atoms with Crippen molar-refractivity contribution in [1.29, 1.82) is 0 Å². The van der Waals surface area contributed by atoms with Gasteiger partial charge in [0, 0.05) is 4.78 Å². The smallest absolute Gasteiger partial charge is 0.468 e. The minimum absolute atomic E-state index is 0.153. The molecule has 0 spiro atoms. The maximum atomic E-state index is 14.4. The second-order valence-corrected chi connectivity index (χ2v) is 6.49. The highest BCUT2D eigenvalue weighted by molar-refractivity contribution is 7.20. The minimum Gasteiger partial charge on any atom is -0.468 e. The molecule has 0 saturated carbocycles. The van der Waals surface area contributed by atoms with Crippen LogP contribution in [0.2, 0.25) is 0 Å². The fraction of sp³-hybridized carbons (Fsp3) is 0.267. The van der Waals surface area contributed by atoms with Gasteiger partial charge >= 0.3 is 13.1 Å². The second kappa shape index (κ2) is 6.39. The van der Waals surface area contributed by atoms with Crippen molar-refractivity contribution in [3.63, 3.8) is 0 Å². The number of rotatable bonds is 4. The molecule has 2 N–H and O–H groups in total. The normalized spacial score (nSPS) is 11.4. The Morgan fingerprint density at radius 2 is 1.78 bits per heavy atom. The van der Waals surface area contributed by atoms with E-state index in [9.17, 15) is 13.6 Å². The Balaban J connectivity index is 2.51. The Labute approximate surface area is 136 Å². The van der Waals surface area contributed by atoms with Gasteiger partial charge in [0.2, 0.25) is 0 Å². The third kappa shape index (κ3) is 3.29. The van der Waals surface area contributed by atoms with Crippen molar-refractivity contribution >= 4 is 29.2 Å². The summed E-state index contributed by atoms with van der Waals surface area (Å²) in [5.41, 5.74) is -1.12. The van der Waals surface area contributed by atoms with E-state index >= 15 is 0 Å². The first-order chi connectivity index (χ1) is 10.7. The summed E-state index contributed by atoms with van der Waals surface area (Å²) in [7, 11) is -0.490. The Kier molecular flexibility index (Phi) is 4.88. The van der Waals surface area contributed by atoms with Gasteiger partial charge in [0.25, 0.3) is 0 Å². The van der Waals surface area contributed by atoms with E-state index in [0.717, 1.165) is 23.5 Å².